The van der Waals surface area contributed by atoms with Gasteiger partial charge in [-0.1, -0.05) is 40.5 Å². The number of aliphatic hydroxyl groups is 1. The molecule has 0 unspecified atom stereocenters. The zero-order valence-electron chi connectivity index (χ0n) is 24.7. The smallest absolute Gasteiger partial charge is 0.221 e. The third kappa shape index (κ3) is 5.17. The first-order valence-electron chi connectivity index (χ1n) is 16.2. The van der Waals surface area contributed by atoms with E-state index in [0.717, 1.165) is 62.2 Å². The number of piperidine rings is 1. The normalized spacial score (nSPS) is 44.6. The van der Waals surface area contributed by atoms with Gasteiger partial charge in [0.15, 0.2) is 0 Å². The van der Waals surface area contributed by atoms with Crippen LogP contribution in [0.3, 0.4) is 0 Å². The highest BCUT2D eigenvalue weighted by molar-refractivity contribution is 7.89. The fraction of sp³-hybridized carbons (Fsp3) is 0.969. The highest BCUT2D eigenvalue weighted by atomic mass is 32.2. The first kappa shape index (κ1) is 29.0. The van der Waals surface area contributed by atoms with Gasteiger partial charge in [-0.15, -0.1) is 0 Å². The Morgan fingerprint density at radius 2 is 1.63 bits per heavy atom. The molecule has 1 N–H and O–H groups in total. The average molecular weight is 550 g/mol. The van der Waals surface area contributed by atoms with E-state index >= 15 is 0 Å². The number of rotatable bonds is 8. The van der Waals surface area contributed by atoms with Crippen molar-refractivity contribution in [3.63, 3.8) is 0 Å². The molecule has 0 radical (unpaired) electrons. The number of hydrogen-bond donors (Lipinski definition) is 1. The van der Waals surface area contributed by atoms with Crippen molar-refractivity contribution >= 4 is 15.8 Å². The third-order valence-corrected chi connectivity index (χ3v) is 14.9. The van der Waals surface area contributed by atoms with Crippen molar-refractivity contribution in [1.82, 2.24) is 4.31 Å². The number of carbonyl (C=O) groups excluding carboxylic acids is 1. The van der Waals surface area contributed by atoms with Crippen molar-refractivity contribution in [3.8, 4) is 0 Å². The minimum atomic E-state index is -3.45. The van der Waals surface area contributed by atoms with E-state index in [0.29, 0.717) is 48.1 Å². The van der Waals surface area contributed by atoms with Crippen LogP contribution in [0.1, 0.15) is 118 Å². The van der Waals surface area contributed by atoms with Crippen molar-refractivity contribution in [1.29, 1.82) is 0 Å². The Morgan fingerprint density at radius 3 is 2.34 bits per heavy atom. The van der Waals surface area contributed by atoms with E-state index in [1.165, 1.54) is 44.9 Å². The monoisotopic (exact) mass is 549 g/mol. The number of Topliss-reactive ketones (excluding diaryl/α,β-unsaturated/α-hetero) is 1. The summed E-state index contributed by atoms with van der Waals surface area (Å²) in [5.74, 6) is 4.52. The van der Waals surface area contributed by atoms with Gasteiger partial charge in [0.2, 0.25) is 10.0 Å². The van der Waals surface area contributed by atoms with E-state index < -0.39 is 10.0 Å². The van der Waals surface area contributed by atoms with Crippen LogP contribution in [0.4, 0.5) is 0 Å². The van der Waals surface area contributed by atoms with Crippen LogP contribution in [-0.2, 0) is 14.8 Å². The van der Waals surface area contributed by atoms with E-state index in [2.05, 4.69) is 27.7 Å². The summed E-state index contributed by atoms with van der Waals surface area (Å²) in [4.78, 5) is 12.8. The molecule has 0 aromatic carbocycles. The molecule has 0 spiro atoms. The van der Waals surface area contributed by atoms with Gasteiger partial charge in [0.05, 0.1) is 6.10 Å². The maximum Gasteiger partial charge on any atom is 0.221 e. The van der Waals surface area contributed by atoms with Crippen LogP contribution < -0.4 is 0 Å². The Hall–Kier alpha value is -0.460. The minimum absolute atomic E-state index is 0.0950. The van der Waals surface area contributed by atoms with Gasteiger partial charge >= 0.3 is 0 Å². The van der Waals surface area contributed by atoms with E-state index in [1.54, 1.807) is 4.31 Å². The van der Waals surface area contributed by atoms with Crippen LogP contribution >= 0.6 is 0 Å². The maximum absolute atomic E-state index is 12.8. The standard InChI is InChI=1S/C32H55NO4S/c1-5-23-19-26-28-12-11-27(22(2)9-10-25(35)21-38(36,37)33-17-7-6-8-18-33)31(28,3)16-14-29(26)32(4)15-13-24(34)20-30(23)32/h22-24,26-30,34H,5-21H2,1-4H3/t22-,23+,24-,26+,27-,28+,29+,30+,31-,32-/m1/s1. The molecule has 38 heavy (non-hydrogen) atoms. The molecular formula is C32H55NO4S. The Bertz CT molecular complexity index is 961. The quantitative estimate of drug-likeness (QED) is 0.378. The van der Waals surface area contributed by atoms with Crippen LogP contribution in [0, 0.1) is 52.3 Å². The summed E-state index contributed by atoms with van der Waals surface area (Å²) in [6.07, 6.45) is 15.0. The number of hydrogen-bond acceptors (Lipinski definition) is 4. The molecule has 1 saturated heterocycles. The van der Waals surface area contributed by atoms with Gasteiger partial charge in [-0.25, -0.2) is 12.7 Å². The van der Waals surface area contributed by atoms with Crippen LogP contribution in [0.2, 0.25) is 0 Å². The zero-order chi connectivity index (χ0) is 27.3. The van der Waals surface area contributed by atoms with E-state index in [9.17, 15) is 18.3 Å². The van der Waals surface area contributed by atoms with E-state index in [-0.39, 0.29) is 17.6 Å². The topological polar surface area (TPSA) is 74.7 Å². The highest BCUT2D eigenvalue weighted by Crippen LogP contribution is 2.69. The fourth-order valence-electron chi connectivity index (χ4n) is 11.0. The van der Waals surface area contributed by atoms with Gasteiger partial charge in [0, 0.05) is 19.5 Å². The third-order valence-electron chi connectivity index (χ3n) is 13.0. The van der Waals surface area contributed by atoms with Crippen LogP contribution in [0.5, 0.6) is 0 Å². The minimum Gasteiger partial charge on any atom is -0.393 e. The van der Waals surface area contributed by atoms with Crippen molar-refractivity contribution in [3.05, 3.63) is 0 Å². The molecular weight excluding hydrogens is 494 g/mol. The molecule has 4 aliphatic carbocycles. The molecule has 218 valence electrons. The number of carbonyl (C=O) groups is 1. The molecule has 0 aromatic rings. The molecule has 10 atom stereocenters. The second-order valence-corrected chi connectivity index (χ2v) is 16.8. The van der Waals surface area contributed by atoms with Crippen molar-refractivity contribution in [2.24, 2.45) is 52.3 Å². The summed E-state index contributed by atoms with van der Waals surface area (Å²) in [6, 6.07) is 0. The zero-order valence-corrected chi connectivity index (χ0v) is 25.5. The Morgan fingerprint density at radius 1 is 0.947 bits per heavy atom. The van der Waals surface area contributed by atoms with Gasteiger partial charge in [-0.2, -0.15) is 0 Å². The molecule has 1 heterocycles. The lowest BCUT2D eigenvalue weighted by molar-refractivity contribution is -0.152. The largest absolute Gasteiger partial charge is 0.393 e. The van der Waals surface area contributed by atoms with Gasteiger partial charge in [-0.3, -0.25) is 4.79 Å². The molecule has 5 rings (SSSR count). The Kier molecular flexibility index (Phi) is 8.47. The number of ketones is 1. The predicted octanol–water partition coefficient (Wildman–Crippen LogP) is 6.44. The summed E-state index contributed by atoms with van der Waals surface area (Å²) in [7, 11) is -3.45. The summed E-state index contributed by atoms with van der Waals surface area (Å²) in [5.41, 5.74) is 0.735. The second-order valence-electron chi connectivity index (χ2n) is 14.8. The van der Waals surface area contributed by atoms with Crippen molar-refractivity contribution in [2.75, 3.05) is 18.8 Å². The van der Waals surface area contributed by atoms with Crippen molar-refractivity contribution < 1.29 is 18.3 Å². The Labute approximate surface area is 232 Å². The van der Waals surface area contributed by atoms with Gasteiger partial charge in [-0.05, 0) is 123 Å². The van der Waals surface area contributed by atoms with Crippen LogP contribution in [0.15, 0.2) is 0 Å². The van der Waals surface area contributed by atoms with Gasteiger partial charge in [0.25, 0.3) is 0 Å². The molecule has 4 saturated carbocycles. The molecule has 5 nitrogen and oxygen atoms in total. The Balaban J connectivity index is 1.22. The second kappa shape index (κ2) is 11.1. The number of nitrogens with zero attached hydrogens (tertiary/aromatic N) is 1. The summed E-state index contributed by atoms with van der Waals surface area (Å²) in [6.45, 7) is 11.0. The molecule has 0 bridgehead atoms. The van der Waals surface area contributed by atoms with Crippen molar-refractivity contribution in [2.45, 2.75) is 124 Å². The van der Waals surface area contributed by atoms with Gasteiger partial charge in [0.1, 0.15) is 11.5 Å². The predicted molar refractivity (Wildman–Crippen MR) is 153 cm³/mol. The van der Waals surface area contributed by atoms with Gasteiger partial charge < -0.3 is 5.11 Å². The van der Waals surface area contributed by atoms with E-state index in [1.807, 2.05) is 0 Å². The molecule has 0 amide bonds. The molecule has 5 aliphatic rings. The molecule has 6 heteroatoms. The van der Waals surface area contributed by atoms with Crippen LogP contribution in [0.25, 0.3) is 0 Å². The lowest BCUT2D eigenvalue weighted by Gasteiger charge is -2.63. The lowest BCUT2D eigenvalue weighted by atomic mass is 9.42. The number of sulfonamides is 1. The SMILES string of the molecule is CC[C@H]1C[C@@H]2[C@H](CC[C@]3(C)[C@@H]([C@H](C)CCC(=O)CS(=O)(=O)N4CCCCC4)CC[C@@H]23)[C@@]2(C)CC[C@@H](O)C[C@@H]12. The summed E-state index contributed by atoms with van der Waals surface area (Å²) in [5, 5.41) is 10.5. The fourth-order valence-corrected chi connectivity index (χ4v) is 12.6. The highest BCUT2D eigenvalue weighted by Gasteiger charge is 2.62. The summed E-state index contributed by atoms with van der Waals surface area (Å²) >= 11 is 0. The van der Waals surface area contributed by atoms with Crippen LogP contribution in [-0.4, -0.2) is 48.6 Å². The average Bonchev–Trinajstić information content (AvgIpc) is 3.25. The first-order chi connectivity index (χ1) is 18.0. The lowest BCUT2D eigenvalue weighted by Crippen LogP contribution is -2.56. The van der Waals surface area contributed by atoms with E-state index in [4.69, 9.17) is 0 Å². The number of fused-ring (bicyclic) bond motifs is 5. The molecule has 0 aromatic heterocycles. The first-order valence-corrected chi connectivity index (χ1v) is 17.8. The maximum atomic E-state index is 12.8. The number of aliphatic hydroxyl groups excluding tert-OH is 1. The summed E-state index contributed by atoms with van der Waals surface area (Å²) < 4.78 is 27.1. The molecule has 5 fully saturated rings. The molecule has 1 aliphatic heterocycles.